The fourth-order valence-electron chi connectivity index (χ4n) is 1.72. The first-order chi connectivity index (χ1) is 12.1. The molecule has 5 nitrogen and oxygen atoms in total. The van der Waals surface area contributed by atoms with Crippen LogP contribution in [0.15, 0.2) is 71.0 Å². The van der Waals surface area contributed by atoms with Gasteiger partial charge in [-0.2, -0.15) is 0 Å². The molecular formula is C18H17FN2O3S. The minimum atomic E-state index is -0.972. The lowest BCUT2D eigenvalue weighted by molar-refractivity contribution is -0.131. The van der Waals surface area contributed by atoms with Crippen LogP contribution in [0.1, 0.15) is 6.92 Å². The molecule has 130 valence electrons. The number of amides is 2. The molecule has 0 aliphatic rings. The third-order valence-corrected chi connectivity index (χ3v) is 3.80. The molecular weight excluding hydrogens is 343 g/mol. The molecule has 2 N–H and O–H groups in total. The van der Waals surface area contributed by atoms with Crippen LogP contribution in [-0.4, -0.2) is 17.9 Å². The second kappa shape index (κ2) is 9.48. The first-order valence-corrected chi connectivity index (χ1v) is 8.33. The number of hydrogen-bond acceptors (Lipinski definition) is 4. The van der Waals surface area contributed by atoms with Crippen LogP contribution in [0, 0.1) is 5.82 Å². The van der Waals surface area contributed by atoms with Gasteiger partial charge in [-0.15, -0.1) is 0 Å². The Morgan fingerprint density at radius 2 is 1.76 bits per heavy atom. The predicted octanol–water partition coefficient (Wildman–Crippen LogP) is 3.05. The Morgan fingerprint density at radius 1 is 1.08 bits per heavy atom. The highest BCUT2D eigenvalue weighted by Gasteiger charge is 2.16. The number of benzene rings is 2. The smallest absolute Gasteiger partial charge is 0.279 e. The van der Waals surface area contributed by atoms with Gasteiger partial charge in [0.2, 0.25) is 0 Å². The number of ether oxygens (including phenoxy) is 1. The molecule has 0 radical (unpaired) electrons. The molecule has 0 saturated carbocycles. The van der Waals surface area contributed by atoms with E-state index in [4.69, 9.17) is 4.74 Å². The number of hydrazine groups is 1. The van der Waals surface area contributed by atoms with Gasteiger partial charge in [0.15, 0.2) is 17.7 Å². The zero-order valence-corrected chi connectivity index (χ0v) is 14.3. The van der Waals surface area contributed by atoms with E-state index >= 15 is 0 Å². The summed E-state index contributed by atoms with van der Waals surface area (Å²) in [6, 6.07) is 15.3. The van der Waals surface area contributed by atoms with Crippen molar-refractivity contribution in [3.05, 3.63) is 71.9 Å². The van der Waals surface area contributed by atoms with Crippen LogP contribution in [-0.2, 0) is 9.59 Å². The van der Waals surface area contributed by atoms with Crippen molar-refractivity contribution in [3.8, 4) is 5.75 Å². The first-order valence-electron chi connectivity index (χ1n) is 7.45. The molecule has 1 atom stereocenters. The summed E-state index contributed by atoms with van der Waals surface area (Å²) in [6.07, 6.45) is 0.320. The van der Waals surface area contributed by atoms with Crippen LogP contribution in [0.25, 0.3) is 0 Å². The molecule has 2 aromatic rings. The van der Waals surface area contributed by atoms with Crippen molar-refractivity contribution in [1.29, 1.82) is 0 Å². The second-order valence-corrected chi connectivity index (χ2v) is 5.88. The number of para-hydroxylation sites is 1. The molecule has 0 aromatic heterocycles. The molecule has 0 bridgehead atoms. The highest BCUT2D eigenvalue weighted by Crippen LogP contribution is 2.18. The Balaban J connectivity index is 1.75. The zero-order valence-electron chi connectivity index (χ0n) is 13.4. The van der Waals surface area contributed by atoms with E-state index in [1.165, 1.54) is 43.0 Å². The van der Waals surface area contributed by atoms with Gasteiger partial charge in [-0.05, 0) is 36.6 Å². The van der Waals surface area contributed by atoms with Crippen molar-refractivity contribution in [3.63, 3.8) is 0 Å². The molecule has 0 aliphatic heterocycles. The Hall–Kier alpha value is -2.80. The molecule has 0 aliphatic carbocycles. The third kappa shape index (κ3) is 6.31. The monoisotopic (exact) mass is 360 g/mol. The zero-order chi connectivity index (χ0) is 18.1. The largest absolute Gasteiger partial charge is 0.478 e. The molecule has 0 saturated heterocycles. The SMILES string of the molecule is C[C@H](Oc1ccccc1F)C(=O)NNC(=O)/C=C/Sc1ccccc1. The van der Waals surface area contributed by atoms with Gasteiger partial charge in [-0.1, -0.05) is 42.1 Å². The predicted molar refractivity (Wildman–Crippen MR) is 94.2 cm³/mol. The average molecular weight is 360 g/mol. The van der Waals surface area contributed by atoms with Crippen molar-refractivity contribution >= 4 is 23.6 Å². The molecule has 2 rings (SSSR count). The van der Waals surface area contributed by atoms with Gasteiger partial charge in [-0.3, -0.25) is 20.4 Å². The topological polar surface area (TPSA) is 67.4 Å². The van der Waals surface area contributed by atoms with Crippen LogP contribution < -0.4 is 15.6 Å². The van der Waals surface area contributed by atoms with E-state index in [1.54, 1.807) is 11.5 Å². The first kappa shape index (κ1) is 18.5. The van der Waals surface area contributed by atoms with Crippen molar-refractivity contribution in [1.82, 2.24) is 10.9 Å². The van der Waals surface area contributed by atoms with Crippen molar-refractivity contribution < 1.29 is 18.7 Å². The lowest BCUT2D eigenvalue weighted by Crippen LogP contribution is -2.46. The second-order valence-electron chi connectivity index (χ2n) is 4.90. The minimum absolute atomic E-state index is 0.0318. The summed E-state index contributed by atoms with van der Waals surface area (Å²) in [5.74, 6) is -1.68. The van der Waals surface area contributed by atoms with Crippen molar-refractivity contribution in [2.75, 3.05) is 0 Å². The standard InChI is InChI=1S/C18H17FN2O3S/c1-13(24-16-10-6-5-9-15(16)19)18(23)21-20-17(22)11-12-25-14-7-3-2-4-8-14/h2-13H,1H3,(H,20,22)(H,21,23)/b12-11+/t13-/m0/s1. The molecule has 25 heavy (non-hydrogen) atoms. The third-order valence-electron chi connectivity index (χ3n) is 2.99. The summed E-state index contributed by atoms with van der Waals surface area (Å²) >= 11 is 1.37. The van der Waals surface area contributed by atoms with Gasteiger partial charge in [-0.25, -0.2) is 4.39 Å². The van der Waals surface area contributed by atoms with Gasteiger partial charge in [0.1, 0.15) is 0 Å². The van der Waals surface area contributed by atoms with E-state index in [9.17, 15) is 14.0 Å². The normalized spacial score (nSPS) is 11.8. The quantitative estimate of drug-likeness (QED) is 0.472. The van der Waals surface area contributed by atoms with E-state index in [1.807, 2.05) is 30.3 Å². The van der Waals surface area contributed by atoms with Crippen LogP contribution >= 0.6 is 11.8 Å². The molecule has 7 heteroatoms. The van der Waals surface area contributed by atoms with Crippen LogP contribution in [0.5, 0.6) is 5.75 Å². The Morgan fingerprint density at radius 3 is 2.48 bits per heavy atom. The molecule has 0 fully saturated rings. The maximum Gasteiger partial charge on any atom is 0.279 e. The number of carbonyl (C=O) groups is 2. The average Bonchev–Trinajstić information content (AvgIpc) is 2.62. The van der Waals surface area contributed by atoms with Crippen molar-refractivity contribution in [2.24, 2.45) is 0 Å². The molecule has 2 aromatic carbocycles. The fraction of sp³-hybridized carbons (Fsp3) is 0.111. The van der Waals surface area contributed by atoms with E-state index < -0.39 is 23.7 Å². The fourth-order valence-corrected chi connectivity index (χ4v) is 2.39. The van der Waals surface area contributed by atoms with E-state index in [2.05, 4.69) is 10.9 Å². The number of thioether (sulfide) groups is 1. The lowest BCUT2D eigenvalue weighted by Gasteiger charge is -2.15. The van der Waals surface area contributed by atoms with E-state index in [0.717, 1.165) is 4.90 Å². The summed E-state index contributed by atoms with van der Waals surface area (Å²) in [5, 5.41) is 1.61. The van der Waals surface area contributed by atoms with Gasteiger partial charge < -0.3 is 4.74 Å². The van der Waals surface area contributed by atoms with Gasteiger partial charge in [0, 0.05) is 11.0 Å². The molecule has 2 amide bonds. The number of carbonyl (C=O) groups excluding carboxylic acids is 2. The molecule has 0 unspecified atom stereocenters. The minimum Gasteiger partial charge on any atom is -0.478 e. The number of nitrogens with one attached hydrogen (secondary N) is 2. The Labute approximate surface area is 149 Å². The maximum absolute atomic E-state index is 13.5. The van der Waals surface area contributed by atoms with Crippen molar-refractivity contribution in [2.45, 2.75) is 17.9 Å². The molecule has 0 heterocycles. The summed E-state index contributed by atoms with van der Waals surface area (Å²) in [6.45, 7) is 1.45. The van der Waals surface area contributed by atoms with Crippen LogP contribution in [0.3, 0.4) is 0 Å². The number of halogens is 1. The summed E-state index contributed by atoms with van der Waals surface area (Å²) in [4.78, 5) is 24.5. The maximum atomic E-state index is 13.5. The Bertz CT molecular complexity index is 753. The van der Waals surface area contributed by atoms with Crippen LogP contribution in [0.4, 0.5) is 4.39 Å². The summed E-state index contributed by atoms with van der Waals surface area (Å²) in [7, 11) is 0. The highest BCUT2D eigenvalue weighted by atomic mass is 32.2. The number of rotatable bonds is 6. The van der Waals surface area contributed by atoms with E-state index in [-0.39, 0.29) is 5.75 Å². The lowest BCUT2D eigenvalue weighted by atomic mass is 10.3. The highest BCUT2D eigenvalue weighted by molar-refractivity contribution is 8.02. The van der Waals surface area contributed by atoms with Gasteiger partial charge in [0.25, 0.3) is 11.8 Å². The van der Waals surface area contributed by atoms with Gasteiger partial charge in [0.05, 0.1) is 0 Å². The van der Waals surface area contributed by atoms with Gasteiger partial charge >= 0.3 is 0 Å². The summed E-state index contributed by atoms with van der Waals surface area (Å²) < 4.78 is 18.7. The molecule has 0 spiro atoms. The Kier molecular flexibility index (Phi) is 7.03. The van der Waals surface area contributed by atoms with Crippen LogP contribution in [0.2, 0.25) is 0 Å². The van der Waals surface area contributed by atoms with E-state index in [0.29, 0.717) is 0 Å². The number of hydrogen-bond donors (Lipinski definition) is 2. The summed E-state index contributed by atoms with van der Waals surface area (Å²) in [5.41, 5.74) is 4.46.